The average molecular weight is 375 g/mol. The second kappa shape index (κ2) is 8.81. The SMILES string of the molecule is CCN(C(=O)c1ccc(Nc2cccc(C(=O)OC)c2)cn1)c1ccccc1. The number of hydrogen-bond donors (Lipinski definition) is 1. The maximum atomic E-state index is 12.8. The summed E-state index contributed by atoms with van der Waals surface area (Å²) in [4.78, 5) is 30.4. The molecular weight excluding hydrogens is 354 g/mol. The van der Waals surface area contributed by atoms with Gasteiger partial charge < -0.3 is 15.0 Å². The number of para-hydroxylation sites is 1. The van der Waals surface area contributed by atoms with E-state index in [1.165, 1.54) is 7.11 Å². The third-order valence-corrected chi connectivity index (χ3v) is 4.18. The standard InChI is InChI=1S/C22H21N3O3/c1-3-25(19-10-5-4-6-11-19)21(26)20-13-12-18(15-23-20)24-17-9-7-8-16(14-17)22(27)28-2/h4-15,24H,3H2,1-2H3. The molecule has 0 aliphatic heterocycles. The summed E-state index contributed by atoms with van der Waals surface area (Å²) in [5, 5.41) is 3.17. The lowest BCUT2D eigenvalue weighted by molar-refractivity contribution is 0.0600. The fourth-order valence-electron chi connectivity index (χ4n) is 2.79. The smallest absolute Gasteiger partial charge is 0.337 e. The van der Waals surface area contributed by atoms with E-state index in [0.717, 1.165) is 11.4 Å². The van der Waals surface area contributed by atoms with Gasteiger partial charge in [-0.2, -0.15) is 0 Å². The van der Waals surface area contributed by atoms with Crippen LogP contribution in [0.15, 0.2) is 72.9 Å². The number of methoxy groups -OCH3 is 1. The van der Waals surface area contributed by atoms with Crippen molar-refractivity contribution >= 4 is 28.9 Å². The van der Waals surface area contributed by atoms with Crippen LogP contribution in [-0.4, -0.2) is 30.5 Å². The van der Waals surface area contributed by atoms with E-state index < -0.39 is 5.97 Å². The van der Waals surface area contributed by atoms with Gasteiger partial charge in [0, 0.05) is 17.9 Å². The Hall–Kier alpha value is -3.67. The molecule has 1 aromatic heterocycles. The molecule has 6 nitrogen and oxygen atoms in total. The van der Waals surface area contributed by atoms with E-state index in [-0.39, 0.29) is 5.91 Å². The molecular formula is C22H21N3O3. The normalized spacial score (nSPS) is 10.2. The van der Waals surface area contributed by atoms with Gasteiger partial charge in [0.1, 0.15) is 5.69 Å². The molecule has 0 bridgehead atoms. The van der Waals surface area contributed by atoms with Crippen molar-refractivity contribution in [1.29, 1.82) is 0 Å². The molecule has 28 heavy (non-hydrogen) atoms. The molecule has 0 saturated carbocycles. The summed E-state index contributed by atoms with van der Waals surface area (Å²) in [5.41, 5.74) is 3.08. The van der Waals surface area contributed by atoms with Crippen LogP contribution < -0.4 is 10.2 Å². The van der Waals surface area contributed by atoms with E-state index in [0.29, 0.717) is 23.5 Å². The van der Waals surface area contributed by atoms with Crippen LogP contribution in [0.25, 0.3) is 0 Å². The lowest BCUT2D eigenvalue weighted by Gasteiger charge is -2.20. The number of amides is 1. The zero-order valence-corrected chi connectivity index (χ0v) is 15.8. The summed E-state index contributed by atoms with van der Waals surface area (Å²) in [6.45, 7) is 2.47. The van der Waals surface area contributed by atoms with Crippen LogP contribution in [0.1, 0.15) is 27.8 Å². The molecule has 3 aromatic rings. The molecule has 142 valence electrons. The van der Waals surface area contributed by atoms with Gasteiger partial charge in [0.2, 0.25) is 0 Å². The van der Waals surface area contributed by atoms with Crippen molar-refractivity contribution in [3.8, 4) is 0 Å². The average Bonchev–Trinajstić information content (AvgIpc) is 2.75. The zero-order chi connectivity index (χ0) is 19.9. The number of ether oxygens (including phenoxy) is 1. The molecule has 1 amide bonds. The van der Waals surface area contributed by atoms with Crippen molar-refractivity contribution in [1.82, 2.24) is 4.98 Å². The number of anilines is 3. The predicted octanol–water partition coefficient (Wildman–Crippen LogP) is 4.28. The number of rotatable bonds is 6. The Morgan fingerprint density at radius 3 is 2.43 bits per heavy atom. The van der Waals surface area contributed by atoms with Crippen LogP contribution >= 0.6 is 0 Å². The Balaban J connectivity index is 1.74. The van der Waals surface area contributed by atoms with Crippen molar-refractivity contribution in [3.05, 3.63) is 84.2 Å². The van der Waals surface area contributed by atoms with Gasteiger partial charge in [-0.3, -0.25) is 4.79 Å². The molecule has 0 aliphatic rings. The minimum atomic E-state index is -0.400. The highest BCUT2D eigenvalue weighted by Gasteiger charge is 2.17. The Morgan fingerprint density at radius 2 is 1.79 bits per heavy atom. The number of nitrogens with one attached hydrogen (secondary N) is 1. The van der Waals surface area contributed by atoms with Gasteiger partial charge in [0.05, 0.1) is 24.6 Å². The summed E-state index contributed by atoms with van der Waals surface area (Å²) in [6.07, 6.45) is 1.59. The molecule has 0 radical (unpaired) electrons. The highest BCUT2D eigenvalue weighted by molar-refractivity contribution is 6.04. The van der Waals surface area contributed by atoms with Gasteiger partial charge in [-0.25, -0.2) is 9.78 Å². The number of benzene rings is 2. The van der Waals surface area contributed by atoms with Gasteiger partial charge in [0.15, 0.2) is 0 Å². The maximum absolute atomic E-state index is 12.8. The fraction of sp³-hybridized carbons (Fsp3) is 0.136. The lowest BCUT2D eigenvalue weighted by Crippen LogP contribution is -2.31. The first kappa shape index (κ1) is 19.1. The molecule has 3 rings (SSSR count). The second-order valence-corrected chi connectivity index (χ2v) is 6.01. The minimum Gasteiger partial charge on any atom is -0.465 e. The van der Waals surface area contributed by atoms with E-state index in [2.05, 4.69) is 10.3 Å². The summed E-state index contributed by atoms with van der Waals surface area (Å²) in [6, 6.07) is 19.9. The Kier molecular flexibility index (Phi) is 6.01. The van der Waals surface area contributed by atoms with Crippen molar-refractivity contribution in [2.45, 2.75) is 6.92 Å². The van der Waals surface area contributed by atoms with Crippen molar-refractivity contribution in [3.63, 3.8) is 0 Å². The fourth-order valence-corrected chi connectivity index (χ4v) is 2.79. The molecule has 2 aromatic carbocycles. The van der Waals surface area contributed by atoms with E-state index >= 15 is 0 Å². The number of nitrogens with zero attached hydrogens (tertiary/aromatic N) is 2. The summed E-state index contributed by atoms with van der Waals surface area (Å²) in [5.74, 6) is -0.559. The second-order valence-electron chi connectivity index (χ2n) is 6.01. The molecule has 0 spiro atoms. The Labute approximate surface area is 163 Å². The van der Waals surface area contributed by atoms with Gasteiger partial charge in [-0.05, 0) is 49.4 Å². The molecule has 1 heterocycles. The number of aromatic nitrogens is 1. The third kappa shape index (κ3) is 4.35. The van der Waals surface area contributed by atoms with Crippen LogP contribution in [0.3, 0.4) is 0 Å². The van der Waals surface area contributed by atoms with Crippen LogP contribution in [0, 0.1) is 0 Å². The van der Waals surface area contributed by atoms with E-state index in [9.17, 15) is 9.59 Å². The summed E-state index contributed by atoms with van der Waals surface area (Å²) < 4.78 is 4.73. The first-order valence-corrected chi connectivity index (χ1v) is 8.90. The maximum Gasteiger partial charge on any atom is 0.337 e. The summed E-state index contributed by atoms with van der Waals surface area (Å²) >= 11 is 0. The predicted molar refractivity (Wildman–Crippen MR) is 109 cm³/mol. The lowest BCUT2D eigenvalue weighted by atomic mass is 10.2. The largest absolute Gasteiger partial charge is 0.465 e. The number of carbonyl (C=O) groups is 2. The first-order valence-electron chi connectivity index (χ1n) is 8.90. The Bertz CT molecular complexity index is 956. The van der Waals surface area contributed by atoms with Crippen molar-refractivity contribution in [2.75, 3.05) is 23.9 Å². The molecule has 1 N–H and O–H groups in total. The highest BCUT2D eigenvalue weighted by atomic mass is 16.5. The van der Waals surface area contributed by atoms with Crippen LogP contribution in [0.2, 0.25) is 0 Å². The number of carbonyl (C=O) groups excluding carboxylic acids is 2. The van der Waals surface area contributed by atoms with Gasteiger partial charge in [-0.15, -0.1) is 0 Å². The quantitative estimate of drug-likeness (QED) is 0.651. The topological polar surface area (TPSA) is 71.5 Å². The van der Waals surface area contributed by atoms with Gasteiger partial charge in [-0.1, -0.05) is 24.3 Å². The summed E-state index contributed by atoms with van der Waals surface area (Å²) in [7, 11) is 1.34. The van der Waals surface area contributed by atoms with Gasteiger partial charge >= 0.3 is 5.97 Å². The first-order chi connectivity index (χ1) is 13.6. The number of pyridine rings is 1. The van der Waals surface area contributed by atoms with E-state index in [4.69, 9.17) is 4.74 Å². The minimum absolute atomic E-state index is 0.159. The third-order valence-electron chi connectivity index (χ3n) is 4.18. The van der Waals surface area contributed by atoms with Crippen molar-refractivity contribution in [2.24, 2.45) is 0 Å². The zero-order valence-electron chi connectivity index (χ0n) is 15.8. The Morgan fingerprint density at radius 1 is 1.00 bits per heavy atom. The molecule has 0 aliphatic carbocycles. The number of esters is 1. The van der Waals surface area contributed by atoms with E-state index in [1.54, 1.807) is 41.4 Å². The van der Waals surface area contributed by atoms with Gasteiger partial charge in [0.25, 0.3) is 5.91 Å². The number of hydrogen-bond acceptors (Lipinski definition) is 5. The molecule has 0 saturated heterocycles. The molecule has 0 unspecified atom stereocenters. The van der Waals surface area contributed by atoms with Crippen LogP contribution in [0.4, 0.5) is 17.1 Å². The molecule has 6 heteroatoms. The van der Waals surface area contributed by atoms with Crippen molar-refractivity contribution < 1.29 is 14.3 Å². The van der Waals surface area contributed by atoms with Crippen LogP contribution in [0.5, 0.6) is 0 Å². The molecule has 0 atom stereocenters. The van der Waals surface area contributed by atoms with E-state index in [1.807, 2.05) is 43.3 Å². The monoisotopic (exact) mass is 375 g/mol. The molecule has 0 fully saturated rings. The van der Waals surface area contributed by atoms with Crippen LogP contribution in [-0.2, 0) is 4.74 Å². The highest BCUT2D eigenvalue weighted by Crippen LogP contribution is 2.20.